The Bertz CT molecular complexity index is 478. The lowest BCUT2D eigenvalue weighted by Gasteiger charge is -2.48. The molecule has 0 aromatic heterocycles. The lowest BCUT2D eigenvalue weighted by molar-refractivity contribution is -0.110. The van der Waals surface area contributed by atoms with Gasteiger partial charge in [-0.25, -0.2) is 4.39 Å². The Morgan fingerprint density at radius 2 is 2.11 bits per heavy atom. The third-order valence-electron chi connectivity index (χ3n) is 4.65. The molecule has 0 radical (unpaired) electrons. The topological polar surface area (TPSA) is 38.7 Å². The van der Waals surface area contributed by atoms with Crippen molar-refractivity contribution in [1.82, 2.24) is 0 Å². The fourth-order valence-corrected chi connectivity index (χ4v) is 3.10. The molecule has 3 rings (SSSR count). The van der Waals surface area contributed by atoms with Gasteiger partial charge in [-0.3, -0.25) is 0 Å². The highest BCUT2D eigenvalue weighted by Crippen LogP contribution is 2.62. The number of aliphatic hydroxyl groups excluding tert-OH is 1. The minimum absolute atomic E-state index is 0.106. The van der Waals surface area contributed by atoms with Gasteiger partial charge in [-0.05, 0) is 37.5 Å². The van der Waals surface area contributed by atoms with Gasteiger partial charge in [0.2, 0.25) is 0 Å². The highest BCUT2D eigenvalue weighted by atomic mass is 19.1. The van der Waals surface area contributed by atoms with Gasteiger partial charge >= 0.3 is 0 Å². The maximum absolute atomic E-state index is 14.0. The van der Waals surface area contributed by atoms with E-state index in [-0.39, 0.29) is 29.0 Å². The number of hydrogen-bond donors (Lipinski definition) is 1. The van der Waals surface area contributed by atoms with Crippen molar-refractivity contribution >= 4 is 0 Å². The van der Waals surface area contributed by atoms with Gasteiger partial charge in [-0.15, -0.1) is 0 Å². The van der Waals surface area contributed by atoms with E-state index in [0.29, 0.717) is 19.8 Å². The Balaban J connectivity index is 1.95. The zero-order chi connectivity index (χ0) is 13.5. The van der Waals surface area contributed by atoms with E-state index in [2.05, 4.69) is 0 Å². The van der Waals surface area contributed by atoms with Crippen LogP contribution < -0.4 is 4.74 Å². The Labute approximate surface area is 112 Å². The highest BCUT2D eigenvalue weighted by molar-refractivity contribution is 5.39. The van der Waals surface area contributed by atoms with Crippen LogP contribution in [0, 0.1) is 11.2 Å². The predicted molar refractivity (Wildman–Crippen MR) is 68.8 cm³/mol. The van der Waals surface area contributed by atoms with Gasteiger partial charge < -0.3 is 14.6 Å². The van der Waals surface area contributed by atoms with Gasteiger partial charge in [-0.1, -0.05) is 6.07 Å². The first-order chi connectivity index (χ1) is 9.17. The molecule has 0 spiro atoms. The van der Waals surface area contributed by atoms with Crippen molar-refractivity contribution in [3.05, 3.63) is 29.6 Å². The summed E-state index contributed by atoms with van der Waals surface area (Å²) in [5.41, 5.74) is 0.601. The Hall–Kier alpha value is -1.13. The molecule has 4 heteroatoms. The lowest BCUT2D eigenvalue weighted by atomic mass is 9.66. The van der Waals surface area contributed by atoms with E-state index in [4.69, 9.17) is 9.47 Å². The molecule has 2 fully saturated rings. The third kappa shape index (κ3) is 1.77. The van der Waals surface area contributed by atoms with Crippen LogP contribution in [0.4, 0.5) is 4.39 Å². The predicted octanol–water partition coefficient (Wildman–Crippen LogP) is 2.26. The number of rotatable bonds is 5. The fraction of sp³-hybridized carbons (Fsp3) is 0.600. The Morgan fingerprint density at radius 1 is 1.37 bits per heavy atom. The molecule has 1 aromatic rings. The van der Waals surface area contributed by atoms with E-state index in [9.17, 15) is 9.50 Å². The van der Waals surface area contributed by atoms with Crippen molar-refractivity contribution in [3.63, 3.8) is 0 Å². The molecule has 2 aliphatic rings. The van der Waals surface area contributed by atoms with Crippen LogP contribution in [-0.4, -0.2) is 31.5 Å². The van der Waals surface area contributed by atoms with Crippen LogP contribution in [0.3, 0.4) is 0 Å². The molecular weight excluding hydrogens is 247 g/mol. The molecule has 1 saturated heterocycles. The van der Waals surface area contributed by atoms with Crippen molar-refractivity contribution in [2.75, 3.05) is 26.4 Å². The van der Waals surface area contributed by atoms with Crippen LogP contribution in [0.2, 0.25) is 0 Å². The van der Waals surface area contributed by atoms with Gasteiger partial charge in [-0.2, -0.15) is 0 Å². The summed E-state index contributed by atoms with van der Waals surface area (Å²) in [7, 11) is 0. The van der Waals surface area contributed by atoms with Gasteiger partial charge in [0, 0.05) is 17.4 Å². The summed E-state index contributed by atoms with van der Waals surface area (Å²) >= 11 is 0. The van der Waals surface area contributed by atoms with Crippen LogP contribution in [-0.2, 0) is 10.2 Å². The van der Waals surface area contributed by atoms with Gasteiger partial charge in [0.1, 0.15) is 0 Å². The van der Waals surface area contributed by atoms with Crippen molar-refractivity contribution < 1.29 is 19.0 Å². The number of hydrogen-bond acceptors (Lipinski definition) is 3. The fourth-order valence-electron chi connectivity index (χ4n) is 3.10. The minimum atomic E-state index is -0.334. The maximum Gasteiger partial charge on any atom is 0.165 e. The average molecular weight is 266 g/mol. The number of halogens is 1. The summed E-state index contributed by atoms with van der Waals surface area (Å²) in [6.07, 6.45) is 1.98. The molecule has 1 N–H and O–H groups in total. The second-order valence-corrected chi connectivity index (χ2v) is 5.59. The molecule has 0 unspecified atom stereocenters. The van der Waals surface area contributed by atoms with Crippen LogP contribution in [0.5, 0.6) is 5.75 Å². The highest BCUT2D eigenvalue weighted by Gasteiger charge is 2.63. The maximum atomic E-state index is 14.0. The first kappa shape index (κ1) is 12.9. The van der Waals surface area contributed by atoms with E-state index in [1.54, 1.807) is 12.1 Å². The summed E-state index contributed by atoms with van der Waals surface area (Å²) < 4.78 is 24.6. The van der Waals surface area contributed by atoms with Crippen LogP contribution >= 0.6 is 0 Å². The minimum Gasteiger partial charge on any atom is -0.491 e. The number of ether oxygens (including phenoxy) is 2. The van der Waals surface area contributed by atoms with Gasteiger partial charge in [0.25, 0.3) is 0 Å². The summed E-state index contributed by atoms with van der Waals surface area (Å²) in [6.45, 7) is 3.57. The molecule has 1 aliphatic carbocycles. The molecule has 1 saturated carbocycles. The Morgan fingerprint density at radius 3 is 2.53 bits per heavy atom. The van der Waals surface area contributed by atoms with E-state index in [1.165, 1.54) is 0 Å². The largest absolute Gasteiger partial charge is 0.491 e. The molecule has 1 aliphatic heterocycles. The van der Waals surface area contributed by atoms with Crippen molar-refractivity contribution in [3.8, 4) is 5.75 Å². The molecular formula is C15H19FO3. The summed E-state index contributed by atoms with van der Waals surface area (Å²) in [4.78, 5) is 0. The summed E-state index contributed by atoms with van der Waals surface area (Å²) in [5, 5.41) is 9.65. The molecule has 1 aromatic carbocycles. The average Bonchev–Trinajstić information content (AvgIpc) is 3.13. The second-order valence-electron chi connectivity index (χ2n) is 5.59. The molecule has 104 valence electrons. The second kappa shape index (κ2) is 4.46. The third-order valence-corrected chi connectivity index (χ3v) is 4.65. The summed E-state index contributed by atoms with van der Waals surface area (Å²) in [6, 6.07) is 5.14. The SMILES string of the molecule is CCOc1ccc(C2(C3(CO)CC3)COC2)cc1F. The van der Waals surface area contributed by atoms with Gasteiger partial charge in [0.15, 0.2) is 11.6 Å². The lowest BCUT2D eigenvalue weighted by Crippen LogP contribution is -2.55. The first-order valence-electron chi connectivity index (χ1n) is 6.79. The molecule has 0 bridgehead atoms. The molecule has 0 amide bonds. The number of aliphatic hydroxyl groups is 1. The van der Waals surface area contributed by atoms with E-state index in [0.717, 1.165) is 18.4 Å². The zero-order valence-corrected chi connectivity index (χ0v) is 11.1. The van der Waals surface area contributed by atoms with E-state index in [1.807, 2.05) is 13.0 Å². The monoisotopic (exact) mass is 266 g/mol. The molecule has 1 heterocycles. The molecule has 0 atom stereocenters. The molecule has 3 nitrogen and oxygen atoms in total. The van der Waals surface area contributed by atoms with Crippen LogP contribution in [0.15, 0.2) is 18.2 Å². The quantitative estimate of drug-likeness (QED) is 0.888. The van der Waals surface area contributed by atoms with E-state index >= 15 is 0 Å². The Kier molecular flexibility index (Phi) is 3.02. The normalized spacial score (nSPS) is 22.7. The van der Waals surface area contributed by atoms with Crippen LogP contribution in [0.25, 0.3) is 0 Å². The van der Waals surface area contributed by atoms with Crippen molar-refractivity contribution in [1.29, 1.82) is 0 Å². The van der Waals surface area contributed by atoms with Crippen molar-refractivity contribution in [2.45, 2.75) is 25.2 Å². The molecule has 19 heavy (non-hydrogen) atoms. The van der Waals surface area contributed by atoms with Crippen LogP contribution in [0.1, 0.15) is 25.3 Å². The first-order valence-corrected chi connectivity index (χ1v) is 6.79. The number of benzene rings is 1. The zero-order valence-electron chi connectivity index (χ0n) is 11.1. The van der Waals surface area contributed by atoms with Gasteiger partial charge in [0.05, 0.1) is 19.8 Å². The van der Waals surface area contributed by atoms with Crippen molar-refractivity contribution in [2.24, 2.45) is 5.41 Å². The summed E-state index contributed by atoms with van der Waals surface area (Å²) in [5.74, 6) is -0.0464. The standard InChI is InChI=1S/C15H19FO3/c1-2-19-13-4-3-11(7-12(13)16)15(9-18-10-15)14(8-17)5-6-14/h3-4,7,17H,2,5-6,8-10H2,1H3. The van der Waals surface area contributed by atoms with E-state index < -0.39 is 0 Å². The smallest absolute Gasteiger partial charge is 0.165 e.